The maximum atomic E-state index is 11.9. The van der Waals surface area contributed by atoms with Crippen LogP contribution < -0.4 is 10.6 Å². The van der Waals surface area contributed by atoms with Crippen LogP contribution in [0.5, 0.6) is 0 Å². The van der Waals surface area contributed by atoms with Crippen molar-refractivity contribution in [2.75, 3.05) is 46.3 Å². The first-order chi connectivity index (χ1) is 11.1. The van der Waals surface area contributed by atoms with E-state index in [0.717, 1.165) is 44.6 Å². The highest BCUT2D eigenvalue weighted by molar-refractivity contribution is 5.74. The molecule has 1 fully saturated rings. The van der Waals surface area contributed by atoms with E-state index < -0.39 is 0 Å². The van der Waals surface area contributed by atoms with Gasteiger partial charge in [0.25, 0.3) is 0 Å². The Labute approximate surface area is 140 Å². The van der Waals surface area contributed by atoms with Crippen molar-refractivity contribution in [3.8, 4) is 0 Å². The third-order valence-electron chi connectivity index (χ3n) is 4.43. The highest BCUT2D eigenvalue weighted by Crippen LogP contribution is 2.10. The molecule has 0 bridgehead atoms. The fourth-order valence-corrected chi connectivity index (χ4v) is 2.81. The fraction of sp³-hybridized carbons (Fsp3) is 0.611. The Bertz CT molecular complexity index is 457. The van der Waals surface area contributed by atoms with Crippen LogP contribution in [0.3, 0.4) is 0 Å². The van der Waals surface area contributed by atoms with Gasteiger partial charge in [-0.15, -0.1) is 0 Å². The Morgan fingerprint density at radius 1 is 1.13 bits per heavy atom. The third-order valence-corrected chi connectivity index (χ3v) is 4.43. The predicted molar refractivity (Wildman–Crippen MR) is 94.6 cm³/mol. The monoisotopic (exact) mass is 318 g/mol. The van der Waals surface area contributed by atoms with Crippen LogP contribution in [0.4, 0.5) is 4.79 Å². The number of unbranched alkanes of at least 4 members (excludes halogenated alkanes) is 1. The van der Waals surface area contributed by atoms with Crippen LogP contribution in [0.15, 0.2) is 30.3 Å². The molecule has 0 aromatic heterocycles. The van der Waals surface area contributed by atoms with Gasteiger partial charge in [-0.3, -0.25) is 0 Å². The zero-order chi connectivity index (χ0) is 16.5. The fourth-order valence-electron chi connectivity index (χ4n) is 2.81. The minimum absolute atomic E-state index is 0.0292. The van der Waals surface area contributed by atoms with Gasteiger partial charge in [-0.1, -0.05) is 30.3 Å². The second-order valence-corrected chi connectivity index (χ2v) is 6.38. The molecular formula is C18H30N4O. The highest BCUT2D eigenvalue weighted by Gasteiger charge is 2.13. The summed E-state index contributed by atoms with van der Waals surface area (Å²) in [6.45, 7) is 8.54. The van der Waals surface area contributed by atoms with E-state index in [1.165, 1.54) is 13.1 Å². The number of piperazine rings is 1. The molecule has 2 amide bonds. The number of likely N-dealkylation sites (N-methyl/N-ethyl adjacent to an activating group) is 1. The summed E-state index contributed by atoms with van der Waals surface area (Å²) in [5.74, 6) is 0. The van der Waals surface area contributed by atoms with Gasteiger partial charge in [-0.2, -0.15) is 0 Å². The van der Waals surface area contributed by atoms with E-state index in [2.05, 4.69) is 27.5 Å². The number of rotatable bonds is 7. The highest BCUT2D eigenvalue weighted by atomic mass is 16.2. The Morgan fingerprint density at radius 3 is 2.52 bits per heavy atom. The molecule has 23 heavy (non-hydrogen) atoms. The van der Waals surface area contributed by atoms with Crippen molar-refractivity contribution in [3.63, 3.8) is 0 Å². The first-order valence-electron chi connectivity index (χ1n) is 8.65. The Balaban J connectivity index is 1.53. The van der Waals surface area contributed by atoms with Crippen molar-refractivity contribution in [3.05, 3.63) is 35.9 Å². The van der Waals surface area contributed by atoms with E-state index >= 15 is 0 Å². The quantitative estimate of drug-likeness (QED) is 0.757. The molecule has 0 unspecified atom stereocenters. The van der Waals surface area contributed by atoms with Crippen LogP contribution in [0.25, 0.3) is 0 Å². The number of benzene rings is 1. The maximum absolute atomic E-state index is 11.9. The Morgan fingerprint density at radius 2 is 1.83 bits per heavy atom. The van der Waals surface area contributed by atoms with Gasteiger partial charge >= 0.3 is 6.03 Å². The SMILES string of the molecule is C[C@H](NC(=O)NCCCCN1CCN(C)CC1)c1ccccc1. The van der Waals surface area contributed by atoms with Crippen molar-refractivity contribution < 1.29 is 4.79 Å². The van der Waals surface area contributed by atoms with Crippen LogP contribution >= 0.6 is 0 Å². The van der Waals surface area contributed by atoms with E-state index in [9.17, 15) is 4.79 Å². The zero-order valence-corrected chi connectivity index (χ0v) is 14.4. The van der Waals surface area contributed by atoms with E-state index in [-0.39, 0.29) is 12.1 Å². The molecule has 1 atom stereocenters. The Hall–Kier alpha value is -1.59. The number of nitrogens with zero attached hydrogens (tertiary/aromatic N) is 2. The van der Waals surface area contributed by atoms with E-state index in [1.54, 1.807) is 0 Å². The van der Waals surface area contributed by atoms with Crippen LogP contribution in [0, 0.1) is 0 Å². The minimum atomic E-state index is -0.0825. The van der Waals surface area contributed by atoms with Gasteiger partial charge in [0, 0.05) is 32.7 Å². The summed E-state index contributed by atoms with van der Waals surface area (Å²) in [7, 11) is 2.18. The molecular weight excluding hydrogens is 288 g/mol. The van der Waals surface area contributed by atoms with Crippen molar-refractivity contribution in [1.29, 1.82) is 0 Å². The van der Waals surface area contributed by atoms with Crippen molar-refractivity contribution in [2.45, 2.75) is 25.8 Å². The summed E-state index contributed by atoms with van der Waals surface area (Å²) in [6.07, 6.45) is 2.16. The number of hydrogen-bond acceptors (Lipinski definition) is 3. The van der Waals surface area contributed by atoms with Gasteiger partial charge < -0.3 is 20.4 Å². The zero-order valence-electron chi connectivity index (χ0n) is 14.4. The molecule has 0 radical (unpaired) electrons. The summed E-state index contributed by atoms with van der Waals surface area (Å²) < 4.78 is 0. The second kappa shape index (κ2) is 9.53. The number of urea groups is 1. The van der Waals surface area contributed by atoms with Crippen LogP contribution in [-0.2, 0) is 0 Å². The summed E-state index contributed by atoms with van der Waals surface area (Å²) in [5.41, 5.74) is 1.12. The molecule has 0 aliphatic carbocycles. The van der Waals surface area contributed by atoms with Gasteiger partial charge in [0.15, 0.2) is 0 Å². The first kappa shape index (κ1) is 17.8. The topological polar surface area (TPSA) is 47.6 Å². The molecule has 1 saturated heterocycles. The van der Waals surface area contributed by atoms with Gasteiger partial charge in [0.1, 0.15) is 0 Å². The lowest BCUT2D eigenvalue weighted by Gasteiger charge is -2.32. The molecule has 2 rings (SSSR count). The summed E-state index contributed by atoms with van der Waals surface area (Å²) in [6, 6.07) is 9.97. The number of amides is 2. The lowest BCUT2D eigenvalue weighted by molar-refractivity contribution is 0.152. The predicted octanol–water partition coefficient (Wildman–Crippen LogP) is 2.07. The minimum Gasteiger partial charge on any atom is -0.338 e. The molecule has 0 spiro atoms. The van der Waals surface area contributed by atoms with E-state index in [4.69, 9.17) is 0 Å². The average Bonchev–Trinajstić information content (AvgIpc) is 2.57. The molecule has 1 aromatic rings. The van der Waals surface area contributed by atoms with E-state index in [1.807, 2.05) is 37.3 Å². The molecule has 1 aliphatic rings. The van der Waals surface area contributed by atoms with Gasteiger partial charge in [-0.25, -0.2) is 4.79 Å². The smallest absolute Gasteiger partial charge is 0.315 e. The standard InChI is InChI=1S/C18H30N4O/c1-16(17-8-4-3-5-9-17)20-18(23)19-10-6-7-11-22-14-12-21(2)13-15-22/h3-5,8-9,16H,6-7,10-15H2,1-2H3,(H2,19,20,23)/t16-/m0/s1. The number of nitrogens with one attached hydrogen (secondary N) is 2. The van der Waals surface area contributed by atoms with Crippen LogP contribution in [0.1, 0.15) is 31.4 Å². The lowest BCUT2D eigenvalue weighted by atomic mass is 10.1. The molecule has 0 saturated carbocycles. The van der Waals surface area contributed by atoms with Crippen LogP contribution in [0.2, 0.25) is 0 Å². The number of carbonyl (C=O) groups is 1. The molecule has 5 nitrogen and oxygen atoms in total. The number of carbonyl (C=O) groups excluding carboxylic acids is 1. The Kier molecular flexibility index (Phi) is 7.36. The van der Waals surface area contributed by atoms with Gasteiger partial charge in [0.05, 0.1) is 6.04 Å². The molecule has 1 aliphatic heterocycles. The third kappa shape index (κ3) is 6.59. The molecule has 5 heteroatoms. The summed E-state index contributed by atoms with van der Waals surface area (Å²) >= 11 is 0. The second-order valence-electron chi connectivity index (χ2n) is 6.38. The average molecular weight is 318 g/mol. The number of hydrogen-bond donors (Lipinski definition) is 2. The first-order valence-corrected chi connectivity index (χ1v) is 8.65. The maximum Gasteiger partial charge on any atom is 0.315 e. The summed E-state index contributed by atoms with van der Waals surface area (Å²) in [5, 5.41) is 5.93. The van der Waals surface area contributed by atoms with E-state index in [0.29, 0.717) is 0 Å². The molecule has 1 aromatic carbocycles. The molecule has 128 valence electrons. The summed E-state index contributed by atoms with van der Waals surface area (Å²) in [4.78, 5) is 16.8. The largest absolute Gasteiger partial charge is 0.338 e. The van der Waals surface area contributed by atoms with Gasteiger partial charge in [-0.05, 0) is 38.9 Å². The van der Waals surface area contributed by atoms with Crippen molar-refractivity contribution in [1.82, 2.24) is 20.4 Å². The molecule has 2 N–H and O–H groups in total. The lowest BCUT2D eigenvalue weighted by Crippen LogP contribution is -2.44. The van der Waals surface area contributed by atoms with Crippen LogP contribution in [-0.4, -0.2) is 62.1 Å². The van der Waals surface area contributed by atoms with Crippen molar-refractivity contribution in [2.24, 2.45) is 0 Å². The molecule has 1 heterocycles. The van der Waals surface area contributed by atoms with Crippen molar-refractivity contribution >= 4 is 6.03 Å². The normalized spacial score (nSPS) is 17.7. The van der Waals surface area contributed by atoms with Gasteiger partial charge in [0.2, 0.25) is 0 Å².